The molecule has 3 aromatic rings. The summed E-state index contributed by atoms with van der Waals surface area (Å²) in [6.07, 6.45) is 1.48. The number of aromatic nitrogens is 2. The van der Waals surface area contributed by atoms with Crippen molar-refractivity contribution >= 4 is 39.1 Å². The van der Waals surface area contributed by atoms with Gasteiger partial charge in [0.05, 0.1) is 5.25 Å². The third-order valence-corrected chi connectivity index (χ3v) is 5.18. The van der Waals surface area contributed by atoms with E-state index in [9.17, 15) is 13.6 Å². The van der Waals surface area contributed by atoms with E-state index in [0.717, 1.165) is 15.2 Å². The number of thiophene rings is 1. The highest BCUT2D eigenvalue weighted by molar-refractivity contribution is 8.00. The summed E-state index contributed by atoms with van der Waals surface area (Å²) in [6, 6.07) is 7.61. The van der Waals surface area contributed by atoms with E-state index in [-0.39, 0.29) is 16.8 Å². The molecule has 8 heteroatoms. The van der Waals surface area contributed by atoms with Crippen LogP contribution in [-0.4, -0.2) is 27.6 Å². The maximum absolute atomic E-state index is 12.5. The van der Waals surface area contributed by atoms with E-state index in [0.29, 0.717) is 5.56 Å². The molecule has 0 fully saturated rings. The van der Waals surface area contributed by atoms with Gasteiger partial charge in [-0.05, 0) is 42.6 Å². The minimum atomic E-state index is -2.88. The zero-order valence-corrected chi connectivity index (χ0v) is 14.1. The molecule has 0 N–H and O–H groups in total. The lowest BCUT2D eigenvalue weighted by molar-refractivity contribution is -0.0498. The van der Waals surface area contributed by atoms with Gasteiger partial charge < -0.3 is 4.74 Å². The number of halogens is 2. The first-order valence-corrected chi connectivity index (χ1v) is 8.74. The van der Waals surface area contributed by atoms with Crippen LogP contribution in [0.15, 0.2) is 47.1 Å². The number of carbonyl (C=O) groups is 1. The Balaban J connectivity index is 1.73. The van der Waals surface area contributed by atoms with E-state index in [1.54, 1.807) is 6.92 Å². The van der Waals surface area contributed by atoms with Crippen molar-refractivity contribution in [3.05, 3.63) is 47.6 Å². The lowest BCUT2D eigenvalue weighted by atomic mass is 10.1. The molecule has 0 aliphatic heterocycles. The van der Waals surface area contributed by atoms with Crippen molar-refractivity contribution in [2.75, 3.05) is 0 Å². The number of nitrogens with zero attached hydrogens (tertiary/aromatic N) is 2. The second-order valence-electron chi connectivity index (χ2n) is 4.85. The molecule has 2 heterocycles. The summed E-state index contributed by atoms with van der Waals surface area (Å²) in [5.41, 5.74) is 0.437. The number of ether oxygens (including phenoxy) is 1. The summed E-state index contributed by atoms with van der Waals surface area (Å²) in [5, 5.41) is 3.23. The molecular weight excluding hydrogens is 354 g/mol. The van der Waals surface area contributed by atoms with E-state index < -0.39 is 6.61 Å². The monoisotopic (exact) mass is 366 g/mol. The number of benzene rings is 1. The van der Waals surface area contributed by atoms with Crippen molar-refractivity contribution in [1.29, 1.82) is 0 Å². The molecule has 2 aromatic heterocycles. The third kappa shape index (κ3) is 3.70. The number of alkyl halides is 2. The molecule has 1 atom stereocenters. The molecule has 4 nitrogen and oxygen atoms in total. The number of thioether (sulfide) groups is 1. The summed E-state index contributed by atoms with van der Waals surface area (Å²) in [5.74, 6) is -0.0803. The maximum Gasteiger partial charge on any atom is 0.387 e. The number of rotatable bonds is 6. The van der Waals surface area contributed by atoms with Crippen LogP contribution in [0.25, 0.3) is 10.2 Å². The molecule has 0 bridgehead atoms. The van der Waals surface area contributed by atoms with E-state index >= 15 is 0 Å². The maximum atomic E-state index is 12.5. The molecule has 0 aliphatic carbocycles. The van der Waals surface area contributed by atoms with Gasteiger partial charge in [-0.3, -0.25) is 4.79 Å². The van der Waals surface area contributed by atoms with Gasteiger partial charge in [0.2, 0.25) is 0 Å². The summed E-state index contributed by atoms with van der Waals surface area (Å²) < 4.78 is 28.6. The Labute approximate surface area is 144 Å². The van der Waals surface area contributed by atoms with Gasteiger partial charge >= 0.3 is 6.61 Å². The molecular formula is C16H12F2N2O2S2. The Kier molecular flexibility index (Phi) is 5.06. The van der Waals surface area contributed by atoms with Crippen LogP contribution in [0.3, 0.4) is 0 Å². The number of fused-ring (bicyclic) bond motifs is 1. The van der Waals surface area contributed by atoms with E-state index in [1.165, 1.54) is 53.7 Å². The van der Waals surface area contributed by atoms with Gasteiger partial charge in [0, 0.05) is 10.9 Å². The van der Waals surface area contributed by atoms with Crippen LogP contribution in [0.4, 0.5) is 8.78 Å². The first kappa shape index (κ1) is 16.8. The summed E-state index contributed by atoms with van der Waals surface area (Å²) in [7, 11) is 0. The average molecular weight is 366 g/mol. The van der Waals surface area contributed by atoms with Crippen LogP contribution in [-0.2, 0) is 0 Å². The smallest absolute Gasteiger partial charge is 0.387 e. The number of ketones is 1. The Morgan fingerprint density at radius 3 is 2.67 bits per heavy atom. The zero-order valence-electron chi connectivity index (χ0n) is 12.5. The number of Topliss-reactive ketones (excluding diaryl/α,β-unsaturated/α-hetero) is 1. The molecule has 124 valence electrons. The predicted octanol–water partition coefficient (Wildman–Crippen LogP) is 4.66. The van der Waals surface area contributed by atoms with Crippen LogP contribution >= 0.6 is 23.1 Å². The van der Waals surface area contributed by atoms with Gasteiger partial charge in [0.25, 0.3) is 0 Å². The highest BCUT2D eigenvalue weighted by Gasteiger charge is 2.19. The van der Waals surface area contributed by atoms with Gasteiger partial charge in [-0.25, -0.2) is 9.97 Å². The van der Waals surface area contributed by atoms with E-state index in [4.69, 9.17) is 0 Å². The molecule has 3 rings (SSSR count). The average Bonchev–Trinajstić information content (AvgIpc) is 3.04. The molecule has 1 aromatic carbocycles. The lowest BCUT2D eigenvalue weighted by Crippen LogP contribution is -2.13. The molecule has 0 saturated carbocycles. The van der Waals surface area contributed by atoms with Crippen molar-refractivity contribution in [1.82, 2.24) is 9.97 Å². The van der Waals surface area contributed by atoms with Crippen LogP contribution in [0.1, 0.15) is 17.3 Å². The summed E-state index contributed by atoms with van der Waals surface area (Å²) >= 11 is 2.87. The van der Waals surface area contributed by atoms with Crippen molar-refractivity contribution in [2.24, 2.45) is 0 Å². The fraction of sp³-hybridized carbons (Fsp3) is 0.188. The molecule has 0 aliphatic rings. The Bertz CT molecular complexity index is 853. The van der Waals surface area contributed by atoms with Crippen molar-refractivity contribution < 1.29 is 18.3 Å². The summed E-state index contributed by atoms with van der Waals surface area (Å²) in [6.45, 7) is -1.09. The molecule has 24 heavy (non-hydrogen) atoms. The lowest BCUT2D eigenvalue weighted by Gasteiger charge is -2.11. The summed E-state index contributed by atoms with van der Waals surface area (Å²) in [4.78, 5) is 21.8. The van der Waals surface area contributed by atoms with Crippen LogP contribution in [0.2, 0.25) is 0 Å². The first-order chi connectivity index (χ1) is 11.5. The SMILES string of the molecule is C[C@@H](Sc1ncnc2sccc12)C(=O)c1ccc(OC(F)F)cc1. The molecule has 0 unspecified atom stereocenters. The highest BCUT2D eigenvalue weighted by Crippen LogP contribution is 2.31. The second-order valence-corrected chi connectivity index (χ2v) is 7.07. The number of hydrogen-bond acceptors (Lipinski definition) is 6. The fourth-order valence-corrected chi connectivity index (χ4v) is 3.89. The highest BCUT2D eigenvalue weighted by atomic mass is 32.2. The van der Waals surface area contributed by atoms with Gasteiger partial charge in [0.15, 0.2) is 5.78 Å². The Hall–Kier alpha value is -2.06. The van der Waals surface area contributed by atoms with Crippen LogP contribution in [0.5, 0.6) is 5.75 Å². The van der Waals surface area contributed by atoms with Gasteiger partial charge in [0.1, 0.15) is 21.9 Å². The quantitative estimate of drug-likeness (QED) is 0.361. The number of hydrogen-bond donors (Lipinski definition) is 0. The molecule has 0 saturated heterocycles. The van der Waals surface area contributed by atoms with Crippen molar-refractivity contribution in [3.8, 4) is 5.75 Å². The zero-order chi connectivity index (χ0) is 17.1. The van der Waals surface area contributed by atoms with Crippen molar-refractivity contribution in [2.45, 2.75) is 23.8 Å². The first-order valence-electron chi connectivity index (χ1n) is 6.98. The molecule has 0 amide bonds. The Morgan fingerprint density at radius 1 is 1.21 bits per heavy atom. The van der Waals surface area contributed by atoms with Gasteiger partial charge in [-0.15, -0.1) is 11.3 Å². The fourth-order valence-electron chi connectivity index (χ4n) is 2.12. The minimum absolute atomic E-state index is 0.0256. The third-order valence-electron chi connectivity index (χ3n) is 3.25. The van der Waals surface area contributed by atoms with Gasteiger partial charge in [-0.1, -0.05) is 11.8 Å². The Morgan fingerprint density at radius 2 is 1.96 bits per heavy atom. The standard InChI is InChI=1S/C16H12F2N2O2S2/c1-9(24-15-12-6-7-23-14(12)19-8-20-15)13(21)10-2-4-11(5-3-10)22-16(17)18/h2-9,16H,1H3/t9-/m1/s1. The van der Waals surface area contributed by atoms with Crippen LogP contribution in [0, 0.1) is 0 Å². The van der Waals surface area contributed by atoms with Gasteiger partial charge in [-0.2, -0.15) is 8.78 Å². The molecule has 0 radical (unpaired) electrons. The van der Waals surface area contributed by atoms with E-state index in [1.807, 2.05) is 11.4 Å². The van der Waals surface area contributed by atoms with Crippen molar-refractivity contribution in [3.63, 3.8) is 0 Å². The topological polar surface area (TPSA) is 52.1 Å². The van der Waals surface area contributed by atoms with Crippen LogP contribution < -0.4 is 4.74 Å². The number of carbonyl (C=O) groups excluding carboxylic acids is 1. The second kappa shape index (κ2) is 7.23. The normalized spacial score (nSPS) is 12.5. The predicted molar refractivity (Wildman–Crippen MR) is 90.1 cm³/mol. The largest absolute Gasteiger partial charge is 0.435 e. The van der Waals surface area contributed by atoms with E-state index in [2.05, 4.69) is 14.7 Å². The molecule has 0 spiro atoms. The minimum Gasteiger partial charge on any atom is -0.435 e.